The number of rotatable bonds is 11. The fraction of sp³-hybridized carbons (Fsp3) is 0.929. The van der Waals surface area contributed by atoms with Crippen molar-refractivity contribution in [2.75, 3.05) is 39.9 Å². The van der Waals surface area contributed by atoms with Gasteiger partial charge in [-0.3, -0.25) is 5.32 Å². The van der Waals surface area contributed by atoms with Crippen molar-refractivity contribution >= 4 is 0 Å². The number of nitriles is 1. The molecule has 4 heteroatoms. The Labute approximate surface area is 112 Å². The van der Waals surface area contributed by atoms with Gasteiger partial charge in [0, 0.05) is 13.7 Å². The predicted molar refractivity (Wildman–Crippen MR) is 75.5 cm³/mol. The highest BCUT2D eigenvalue weighted by molar-refractivity contribution is 5.03. The van der Waals surface area contributed by atoms with Gasteiger partial charge in [-0.25, -0.2) is 0 Å². The number of likely N-dealkylation sites (N-methyl/N-ethyl adjacent to an activating group) is 1. The largest absolute Gasteiger partial charge is 0.383 e. The number of hydrogen-bond donors (Lipinski definition) is 1. The second kappa shape index (κ2) is 10.3. The van der Waals surface area contributed by atoms with E-state index in [1.165, 1.54) is 0 Å². The SMILES string of the molecule is CCNC(C)(C#N)CCCCN(CC)CCOC. The Morgan fingerprint density at radius 1 is 1.28 bits per heavy atom. The number of hydrogen-bond acceptors (Lipinski definition) is 4. The lowest BCUT2D eigenvalue weighted by Gasteiger charge is -2.24. The Morgan fingerprint density at radius 3 is 2.50 bits per heavy atom. The molecule has 0 aromatic heterocycles. The maximum absolute atomic E-state index is 9.15. The molecule has 1 unspecified atom stereocenters. The minimum absolute atomic E-state index is 0.363. The van der Waals surface area contributed by atoms with Crippen molar-refractivity contribution in [3.63, 3.8) is 0 Å². The molecule has 0 saturated heterocycles. The maximum Gasteiger partial charge on any atom is 0.103 e. The molecule has 0 fully saturated rings. The number of nitrogens with one attached hydrogen (secondary N) is 1. The molecule has 0 saturated carbocycles. The van der Waals surface area contributed by atoms with Crippen LogP contribution in [0.2, 0.25) is 0 Å². The molecular formula is C14H29N3O. The summed E-state index contributed by atoms with van der Waals surface area (Å²) in [5.74, 6) is 0. The monoisotopic (exact) mass is 255 g/mol. The van der Waals surface area contributed by atoms with Crippen LogP contribution in [-0.4, -0.2) is 50.3 Å². The zero-order chi connectivity index (χ0) is 13.9. The average molecular weight is 255 g/mol. The molecule has 0 aromatic carbocycles. The first kappa shape index (κ1) is 17.4. The second-order valence-corrected chi connectivity index (χ2v) is 4.86. The Kier molecular flexibility index (Phi) is 9.95. The topological polar surface area (TPSA) is 48.3 Å². The lowest BCUT2D eigenvalue weighted by Crippen LogP contribution is -2.40. The normalized spacial score (nSPS) is 14.4. The summed E-state index contributed by atoms with van der Waals surface area (Å²) in [6.45, 7) is 11.0. The fourth-order valence-electron chi connectivity index (χ4n) is 2.04. The Bertz CT molecular complexity index is 240. The smallest absolute Gasteiger partial charge is 0.103 e. The summed E-state index contributed by atoms with van der Waals surface area (Å²) in [6.07, 6.45) is 3.14. The highest BCUT2D eigenvalue weighted by Gasteiger charge is 2.21. The van der Waals surface area contributed by atoms with E-state index in [4.69, 9.17) is 10.00 Å². The molecule has 4 nitrogen and oxygen atoms in total. The van der Waals surface area contributed by atoms with Gasteiger partial charge in [-0.1, -0.05) is 13.8 Å². The van der Waals surface area contributed by atoms with Crippen molar-refractivity contribution in [2.24, 2.45) is 0 Å². The van der Waals surface area contributed by atoms with E-state index in [0.717, 1.165) is 52.0 Å². The van der Waals surface area contributed by atoms with Crippen molar-refractivity contribution in [2.45, 2.75) is 45.6 Å². The van der Waals surface area contributed by atoms with Crippen molar-refractivity contribution < 1.29 is 4.74 Å². The van der Waals surface area contributed by atoms with E-state index in [1.807, 2.05) is 13.8 Å². The summed E-state index contributed by atoms with van der Waals surface area (Å²) in [7, 11) is 1.74. The van der Waals surface area contributed by atoms with Crippen molar-refractivity contribution in [3.8, 4) is 6.07 Å². The summed E-state index contributed by atoms with van der Waals surface area (Å²) in [6, 6.07) is 2.37. The highest BCUT2D eigenvalue weighted by Crippen LogP contribution is 2.13. The van der Waals surface area contributed by atoms with Crippen molar-refractivity contribution in [1.82, 2.24) is 10.2 Å². The third-order valence-corrected chi connectivity index (χ3v) is 3.27. The first-order chi connectivity index (χ1) is 8.61. The van der Waals surface area contributed by atoms with Crippen LogP contribution in [0.15, 0.2) is 0 Å². The molecule has 1 N–H and O–H groups in total. The average Bonchev–Trinajstić information content (AvgIpc) is 2.38. The second-order valence-electron chi connectivity index (χ2n) is 4.86. The van der Waals surface area contributed by atoms with Gasteiger partial charge in [0.15, 0.2) is 0 Å². The molecule has 106 valence electrons. The standard InChI is InChI=1S/C14H29N3O/c1-5-16-14(3,13-15)9-7-8-10-17(6-2)11-12-18-4/h16H,5-12H2,1-4H3. The summed E-state index contributed by atoms with van der Waals surface area (Å²) in [5.41, 5.74) is -0.363. The van der Waals surface area contributed by atoms with E-state index in [-0.39, 0.29) is 5.54 Å². The van der Waals surface area contributed by atoms with Crippen LogP contribution in [0.5, 0.6) is 0 Å². The molecule has 0 rings (SSSR count). The van der Waals surface area contributed by atoms with Gasteiger partial charge in [-0.15, -0.1) is 0 Å². The van der Waals surface area contributed by atoms with Crippen LogP contribution >= 0.6 is 0 Å². The van der Waals surface area contributed by atoms with Gasteiger partial charge < -0.3 is 9.64 Å². The molecule has 18 heavy (non-hydrogen) atoms. The molecule has 1 atom stereocenters. The van der Waals surface area contributed by atoms with Gasteiger partial charge >= 0.3 is 0 Å². The van der Waals surface area contributed by atoms with Crippen molar-refractivity contribution in [1.29, 1.82) is 5.26 Å². The van der Waals surface area contributed by atoms with Gasteiger partial charge in [0.05, 0.1) is 12.7 Å². The van der Waals surface area contributed by atoms with E-state index < -0.39 is 0 Å². The van der Waals surface area contributed by atoms with Crippen LogP contribution < -0.4 is 5.32 Å². The highest BCUT2D eigenvalue weighted by atomic mass is 16.5. The molecule has 0 aliphatic rings. The molecule has 0 aliphatic heterocycles. The molecule has 0 spiro atoms. The fourth-order valence-corrected chi connectivity index (χ4v) is 2.04. The summed E-state index contributed by atoms with van der Waals surface area (Å²) in [4.78, 5) is 2.39. The molecule has 0 radical (unpaired) electrons. The minimum atomic E-state index is -0.363. The lowest BCUT2D eigenvalue weighted by molar-refractivity contribution is 0.149. The molecule has 0 heterocycles. The number of nitrogens with zero attached hydrogens (tertiary/aromatic N) is 2. The quantitative estimate of drug-likeness (QED) is 0.574. The molecule has 0 aromatic rings. The van der Waals surface area contributed by atoms with Gasteiger partial charge in [0.25, 0.3) is 0 Å². The Balaban J connectivity index is 3.79. The summed E-state index contributed by atoms with van der Waals surface area (Å²) >= 11 is 0. The van der Waals surface area contributed by atoms with E-state index in [9.17, 15) is 0 Å². The van der Waals surface area contributed by atoms with Crippen LogP contribution in [0.3, 0.4) is 0 Å². The maximum atomic E-state index is 9.15. The zero-order valence-electron chi connectivity index (χ0n) is 12.5. The van der Waals surface area contributed by atoms with Gasteiger partial charge in [-0.05, 0) is 45.8 Å². The predicted octanol–water partition coefficient (Wildman–Crippen LogP) is 2.02. The zero-order valence-corrected chi connectivity index (χ0v) is 12.5. The van der Waals surface area contributed by atoms with E-state index in [0.29, 0.717) is 0 Å². The van der Waals surface area contributed by atoms with E-state index in [2.05, 4.69) is 23.2 Å². The van der Waals surface area contributed by atoms with E-state index >= 15 is 0 Å². The number of unbranched alkanes of at least 4 members (excludes halogenated alkanes) is 1. The lowest BCUT2D eigenvalue weighted by atomic mass is 9.96. The first-order valence-electron chi connectivity index (χ1n) is 6.99. The van der Waals surface area contributed by atoms with E-state index in [1.54, 1.807) is 7.11 Å². The third kappa shape index (κ3) is 7.65. The molecule has 0 bridgehead atoms. The third-order valence-electron chi connectivity index (χ3n) is 3.27. The van der Waals surface area contributed by atoms with Crippen LogP contribution in [0.4, 0.5) is 0 Å². The minimum Gasteiger partial charge on any atom is -0.383 e. The van der Waals surface area contributed by atoms with Gasteiger partial charge in [-0.2, -0.15) is 5.26 Å². The van der Waals surface area contributed by atoms with Gasteiger partial charge in [0.1, 0.15) is 5.54 Å². The molecular weight excluding hydrogens is 226 g/mol. The van der Waals surface area contributed by atoms with Crippen LogP contribution in [-0.2, 0) is 4.74 Å². The van der Waals surface area contributed by atoms with Crippen LogP contribution in [0.1, 0.15) is 40.0 Å². The van der Waals surface area contributed by atoms with Crippen molar-refractivity contribution in [3.05, 3.63) is 0 Å². The Hall–Kier alpha value is -0.630. The molecule has 0 amide bonds. The Morgan fingerprint density at radius 2 is 2.00 bits per heavy atom. The number of methoxy groups -OCH3 is 1. The summed E-state index contributed by atoms with van der Waals surface area (Å²) < 4.78 is 5.09. The number of ether oxygens (including phenoxy) is 1. The molecule has 0 aliphatic carbocycles. The van der Waals surface area contributed by atoms with Gasteiger partial charge in [0.2, 0.25) is 0 Å². The first-order valence-corrected chi connectivity index (χ1v) is 6.99. The van der Waals surface area contributed by atoms with Crippen LogP contribution in [0, 0.1) is 11.3 Å². The van der Waals surface area contributed by atoms with Crippen LogP contribution in [0.25, 0.3) is 0 Å². The summed E-state index contributed by atoms with van der Waals surface area (Å²) in [5, 5.41) is 12.4.